The number of hydrogen-bond acceptors (Lipinski definition) is 5. The van der Waals surface area contributed by atoms with Gasteiger partial charge in [-0.15, -0.1) is 0 Å². The van der Waals surface area contributed by atoms with Crippen LogP contribution in [0.2, 0.25) is 0 Å². The standard InChI is InChI=1S/C12H12BrN3O4S/c1-2-21(19,20)7-3-4-10(17)9(5-7)15-12(18)11-8(13)6-14-16-11/h3-6,17H,2H2,1H3,(H,14,16)(H,15,18). The number of nitrogens with one attached hydrogen (secondary N) is 2. The number of phenols is 1. The number of aromatic hydroxyl groups is 1. The third kappa shape index (κ3) is 3.24. The van der Waals surface area contributed by atoms with Gasteiger partial charge in [-0.2, -0.15) is 5.10 Å². The number of amides is 1. The first-order chi connectivity index (χ1) is 9.85. The minimum absolute atomic E-state index is 0.0102. The van der Waals surface area contributed by atoms with E-state index in [1.807, 2.05) is 0 Å². The van der Waals surface area contributed by atoms with Crippen molar-refractivity contribution in [2.24, 2.45) is 0 Å². The summed E-state index contributed by atoms with van der Waals surface area (Å²) in [5, 5.41) is 18.4. The van der Waals surface area contributed by atoms with E-state index < -0.39 is 15.7 Å². The zero-order valence-corrected chi connectivity index (χ0v) is 13.3. The molecule has 0 fully saturated rings. The summed E-state index contributed by atoms with van der Waals surface area (Å²) in [5.41, 5.74) is 0.175. The van der Waals surface area contributed by atoms with Crippen LogP contribution in [0.5, 0.6) is 5.75 Å². The molecular weight excluding hydrogens is 362 g/mol. The van der Waals surface area contributed by atoms with E-state index in [9.17, 15) is 18.3 Å². The maximum atomic E-state index is 12.0. The summed E-state index contributed by atoms with van der Waals surface area (Å²) in [6, 6.07) is 3.73. The van der Waals surface area contributed by atoms with Crippen LogP contribution in [0, 0.1) is 0 Å². The number of aromatic nitrogens is 2. The second-order valence-corrected chi connectivity index (χ2v) is 7.26. The number of aromatic amines is 1. The Hall–Kier alpha value is -1.87. The lowest BCUT2D eigenvalue weighted by atomic mass is 10.3. The fourth-order valence-electron chi connectivity index (χ4n) is 1.59. The van der Waals surface area contributed by atoms with E-state index in [4.69, 9.17) is 0 Å². The van der Waals surface area contributed by atoms with Gasteiger partial charge >= 0.3 is 0 Å². The summed E-state index contributed by atoms with van der Waals surface area (Å²) in [4.78, 5) is 12.0. The molecule has 2 aromatic rings. The molecule has 7 nitrogen and oxygen atoms in total. The van der Waals surface area contributed by atoms with Crippen molar-refractivity contribution in [3.8, 4) is 5.75 Å². The summed E-state index contributed by atoms with van der Waals surface area (Å²) in [6.07, 6.45) is 1.41. The maximum Gasteiger partial charge on any atom is 0.274 e. The van der Waals surface area contributed by atoms with Gasteiger partial charge in [-0.3, -0.25) is 9.89 Å². The van der Waals surface area contributed by atoms with E-state index in [1.54, 1.807) is 0 Å². The lowest BCUT2D eigenvalue weighted by Gasteiger charge is -2.09. The summed E-state index contributed by atoms with van der Waals surface area (Å²) in [6.45, 7) is 1.52. The van der Waals surface area contributed by atoms with Gasteiger partial charge in [-0.25, -0.2) is 8.42 Å². The van der Waals surface area contributed by atoms with Gasteiger partial charge in [0.1, 0.15) is 11.4 Å². The fraction of sp³-hybridized carbons (Fsp3) is 0.167. The SMILES string of the molecule is CCS(=O)(=O)c1ccc(O)c(NC(=O)c2[nH]ncc2Br)c1. The molecule has 1 amide bonds. The molecule has 0 spiro atoms. The van der Waals surface area contributed by atoms with Crippen LogP contribution in [0.4, 0.5) is 5.69 Å². The lowest BCUT2D eigenvalue weighted by molar-refractivity contribution is 0.102. The second kappa shape index (κ2) is 5.86. The molecule has 9 heteroatoms. The monoisotopic (exact) mass is 373 g/mol. The molecule has 1 aromatic carbocycles. The summed E-state index contributed by atoms with van der Waals surface area (Å²) in [5.74, 6) is -0.855. The molecule has 0 atom stereocenters. The van der Waals surface area contributed by atoms with Gasteiger partial charge in [0, 0.05) is 0 Å². The Morgan fingerprint density at radius 1 is 1.48 bits per heavy atom. The molecule has 112 valence electrons. The summed E-state index contributed by atoms with van der Waals surface area (Å²) >= 11 is 3.14. The van der Waals surface area contributed by atoms with Gasteiger partial charge in [0.2, 0.25) is 0 Å². The van der Waals surface area contributed by atoms with Crippen molar-refractivity contribution in [1.82, 2.24) is 10.2 Å². The van der Waals surface area contributed by atoms with Gasteiger partial charge in [-0.1, -0.05) is 6.92 Å². The lowest BCUT2D eigenvalue weighted by Crippen LogP contribution is -2.14. The van der Waals surface area contributed by atoms with Crippen molar-refractivity contribution in [1.29, 1.82) is 0 Å². The highest BCUT2D eigenvalue weighted by Crippen LogP contribution is 2.27. The number of phenolic OH excluding ortho intramolecular Hbond substituents is 1. The van der Waals surface area contributed by atoms with Crippen LogP contribution in [0.25, 0.3) is 0 Å². The highest BCUT2D eigenvalue weighted by atomic mass is 79.9. The molecular formula is C12H12BrN3O4S. The Labute approximate surface area is 129 Å². The Bertz CT molecular complexity index is 786. The van der Waals surface area contributed by atoms with E-state index in [0.29, 0.717) is 4.47 Å². The average molecular weight is 374 g/mol. The van der Waals surface area contributed by atoms with Crippen molar-refractivity contribution in [2.45, 2.75) is 11.8 Å². The molecule has 2 rings (SSSR count). The fourth-order valence-corrected chi connectivity index (χ4v) is 2.87. The van der Waals surface area contributed by atoms with Crippen molar-refractivity contribution in [3.63, 3.8) is 0 Å². The predicted octanol–water partition coefficient (Wildman–Crippen LogP) is 1.92. The summed E-state index contributed by atoms with van der Waals surface area (Å²) < 4.78 is 24.1. The molecule has 0 aliphatic carbocycles. The molecule has 1 heterocycles. The Balaban J connectivity index is 2.34. The van der Waals surface area contributed by atoms with Crippen LogP contribution in [-0.4, -0.2) is 35.4 Å². The number of nitrogens with zero attached hydrogens (tertiary/aromatic N) is 1. The van der Waals surface area contributed by atoms with E-state index in [1.165, 1.54) is 31.3 Å². The number of benzene rings is 1. The predicted molar refractivity (Wildman–Crippen MR) is 80.1 cm³/mol. The normalized spacial score (nSPS) is 11.3. The van der Waals surface area contributed by atoms with Gasteiger partial charge < -0.3 is 10.4 Å². The number of anilines is 1. The molecule has 0 aliphatic rings. The van der Waals surface area contributed by atoms with Crippen LogP contribution >= 0.6 is 15.9 Å². The quantitative estimate of drug-likeness (QED) is 0.708. The van der Waals surface area contributed by atoms with Gasteiger partial charge in [-0.05, 0) is 34.1 Å². The van der Waals surface area contributed by atoms with Crippen molar-refractivity contribution in [3.05, 3.63) is 34.6 Å². The molecule has 0 unspecified atom stereocenters. The van der Waals surface area contributed by atoms with Crippen LogP contribution in [0.1, 0.15) is 17.4 Å². The molecule has 0 aliphatic heterocycles. The number of hydrogen-bond donors (Lipinski definition) is 3. The van der Waals surface area contributed by atoms with Crippen LogP contribution in [-0.2, 0) is 9.84 Å². The number of carbonyl (C=O) groups excluding carboxylic acids is 1. The number of carbonyl (C=O) groups is 1. The van der Waals surface area contributed by atoms with Gasteiger partial charge in [0.15, 0.2) is 9.84 Å². The minimum atomic E-state index is -3.43. The van der Waals surface area contributed by atoms with Crippen LogP contribution in [0.3, 0.4) is 0 Å². The van der Waals surface area contributed by atoms with Gasteiger partial charge in [0.25, 0.3) is 5.91 Å². The largest absolute Gasteiger partial charge is 0.506 e. The highest BCUT2D eigenvalue weighted by Gasteiger charge is 2.17. The van der Waals surface area contributed by atoms with E-state index in [-0.39, 0.29) is 27.8 Å². The maximum absolute atomic E-state index is 12.0. The van der Waals surface area contributed by atoms with Crippen molar-refractivity contribution in [2.75, 3.05) is 11.1 Å². The highest BCUT2D eigenvalue weighted by molar-refractivity contribution is 9.10. The third-order valence-electron chi connectivity index (χ3n) is 2.78. The Morgan fingerprint density at radius 2 is 2.19 bits per heavy atom. The second-order valence-electron chi connectivity index (χ2n) is 4.13. The smallest absolute Gasteiger partial charge is 0.274 e. The Morgan fingerprint density at radius 3 is 2.76 bits per heavy atom. The average Bonchev–Trinajstić information content (AvgIpc) is 2.87. The molecule has 3 N–H and O–H groups in total. The topological polar surface area (TPSA) is 112 Å². The van der Waals surface area contributed by atoms with E-state index in [0.717, 1.165) is 0 Å². The van der Waals surface area contributed by atoms with Crippen molar-refractivity contribution < 1.29 is 18.3 Å². The molecule has 0 saturated carbocycles. The Kier molecular flexibility index (Phi) is 4.33. The molecule has 0 radical (unpaired) electrons. The molecule has 21 heavy (non-hydrogen) atoms. The first-order valence-corrected chi connectivity index (χ1v) is 8.35. The number of sulfone groups is 1. The number of H-pyrrole nitrogens is 1. The molecule has 0 bridgehead atoms. The van der Waals surface area contributed by atoms with E-state index in [2.05, 4.69) is 31.4 Å². The zero-order chi connectivity index (χ0) is 15.6. The molecule has 1 aromatic heterocycles. The molecule has 0 saturated heterocycles. The first-order valence-electron chi connectivity index (χ1n) is 5.91. The summed E-state index contributed by atoms with van der Waals surface area (Å²) in [7, 11) is -3.43. The number of rotatable bonds is 4. The van der Waals surface area contributed by atoms with Crippen LogP contribution in [0.15, 0.2) is 33.8 Å². The van der Waals surface area contributed by atoms with Gasteiger partial charge in [0.05, 0.1) is 27.0 Å². The van der Waals surface area contributed by atoms with E-state index >= 15 is 0 Å². The minimum Gasteiger partial charge on any atom is -0.506 e. The number of halogens is 1. The van der Waals surface area contributed by atoms with Crippen molar-refractivity contribution >= 4 is 37.4 Å². The van der Waals surface area contributed by atoms with Crippen LogP contribution < -0.4 is 5.32 Å². The third-order valence-corrected chi connectivity index (χ3v) is 5.11. The first kappa shape index (κ1) is 15.5. The zero-order valence-electron chi connectivity index (χ0n) is 10.9.